The van der Waals surface area contributed by atoms with Gasteiger partial charge >= 0.3 is 0 Å². The van der Waals surface area contributed by atoms with Crippen molar-refractivity contribution in [2.75, 3.05) is 27.3 Å². The van der Waals surface area contributed by atoms with Crippen LogP contribution >= 0.6 is 0 Å². The molecule has 1 heterocycles. The van der Waals surface area contributed by atoms with Gasteiger partial charge in [0.2, 0.25) is 5.91 Å². The number of amides is 1. The van der Waals surface area contributed by atoms with Gasteiger partial charge in [0, 0.05) is 13.1 Å². The molecule has 2 aromatic rings. The third kappa shape index (κ3) is 4.70. The van der Waals surface area contributed by atoms with Crippen LogP contribution in [0.5, 0.6) is 11.5 Å². The Labute approximate surface area is 170 Å². The second kappa shape index (κ2) is 8.82. The number of hydrogen-bond acceptors (Lipinski definition) is 5. The van der Waals surface area contributed by atoms with Gasteiger partial charge in [0.1, 0.15) is 5.82 Å². The predicted molar refractivity (Wildman–Crippen MR) is 106 cm³/mol. The lowest BCUT2D eigenvalue weighted by Crippen LogP contribution is -2.43. The first-order valence-corrected chi connectivity index (χ1v) is 10.9. The number of halogens is 1. The van der Waals surface area contributed by atoms with E-state index in [2.05, 4.69) is 0 Å². The van der Waals surface area contributed by atoms with Crippen molar-refractivity contribution in [3.8, 4) is 11.5 Å². The fourth-order valence-electron chi connectivity index (χ4n) is 3.51. The van der Waals surface area contributed by atoms with Crippen LogP contribution in [0.2, 0.25) is 0 Å². The maximum Gasteiger partial charge on any atom is 0.226 e. The Hall–Kier alpha value is -2.61. The number of ether oxygens (including phenoxy) is 2. The van der Waals surface area contributed by atoms with Gasteiger partial charge in [-0.2, -0.15) is 0 Å². The van der Waals surface area contributed by atoms with Crippen molar-refractivity contribution in [3.63, 3.8) is 0 Å². The van der Waals surface area contributed by atoms with Crippen LogP contribution in [0.1, 0.15) is 18.4 Å². The number of rotatable bonds is 6. The highest BCUT2D eigenvalue weighted by atomic mass is 32.2. The zero-order chi connectivity index (χ0) is 21.0. The molecule has 1 aliphatic heterocycles. The molecule has 6 nitrogen and oxygen atoms in total. The maximum absolute atomic E-state index is 13.1. The fourth-order valence-corrected chi connectivity index (χ4v) is 5.24. The Bertz CT molecular complexity index is 967. The van der Waals surface area contributed by atoms with Crippen molar-refractivity contribution in [2.45, 2.75) is 29.4 Å². The van der Waals surface area contributed by atoms with Crippen LogP contribution in [0, 0.1) is 5.82 Å². The highest BCUT2D eigenvalue weighted by Crippen LogP contribution is 2.29. The molecule has 0 atom stereocenters. The smallest absolute Gasteiger partial charge is 0.226 e. The van der Waals surface area contributed by atoms with Crippen molar-refractivity contribution in [1.82, 2.24) is 4.90 Å². The minimum absolute atomic E-state index is 0.0603. The molecular formula is C21H24FNO5S. The van der Waals surface area contributed by atoms with Crippen molar-refractivity contribution >= 4 is 15.7 Å². The van der Waals surface area contributed by atoms with Crippen LogP contribution < -0.4 is 9.47 Å². The standard InChI is InChI=1S/C21H24FNO5S/c1-27-19-8-3-15(13-20(19)28-2)14-21(24)23-11-9-18(10-12-23)29(25,26)17-6-4-16(22)5-7-17/h3-8,13,18H,9-12,14H2,1-2H3. The summed E-state index contributed by atoms with van der Waals surface area (Å²) in [5, 5.41) is -0.571. The average Bonchev–Trinajstić information content (AvgIpc) is 2.74. The first-order valence-electron chi connectivity index (χ1n) is 9.33. The van der Waals surface area contributed by atoms with E-state index in [4.69, 9.17) is 9.47 Å². The Morgan fingerprint density at radius 1 is 1.03 bits per heavy atom. The molecule has 0 aliphatic carbocycles. The molecule has 0 unspecified atom stereocenters. The first-order chi connectivity index (χ1) is 13.8. The number of benzene rings is 2. The van der Waals surface area contributed by atoms with E-state index in [1.165, 1.54) is 19.2 Å². The van der Waals surface area contributed by atoms with Crippen LogP contribution in [0.15, 0.2) is 47.4 Å². The molecule has 0 saturated carbocycles. The molecule has 29 heavy (non-hydrogen) atoms. The summed E-state index contributed by atoms with van der Waals surface area (Å²) < 4.78 is 49.0. The summed E-state index contributed by atoms with van der Waals surface area (Å²) in [6.45, 7) is 0.744. The summed E-state index contributed by atoms with van der Waals surface area (Å²) in [5.74, 6) is 0.617. The Morgan fingerprint density at radius 3 is 2.24 bits per heavy atom. The lowest BCUT2D eigenvalue weighted by molar-refractivity contribution is -0.131. The van der Waals surface area contributed by atoms with Gasteiger partial charge < -0.3 is 14.4 Å². The summed E-state index contributed by atoms with van der Waals surface area (Å²) in [6, 6.07) is 10.2. The fraction of sp³-hybridized carbons (Fsp3) is 0.381. The SMILES string of the molecule is COc1ccc(CC(=O)N2CCC(S(=O)(=O)c3ccc(F)cc3)CC2)cc1OC. The van der Waals surface area contributed by atoms with Gasteiger partial charge in [-0.1, -0.05) is 6.07 Å². The summed E-state index contributed by atoms with van der Waals surface area (Å²) >= 11 is 0. The lowest BCUT2D eigenvalue weighted by Gasteiger charge is -2.32. The number of hydrogen-bond donors (Lipinski definition) is 0. The summed E-state index contributed by atoms with van der Waals surface area (Å²) in [4.78, 5) is 14.5. The second-order valence-corrected chi connectivity index (χ2v) is 9.17. The number of sulfone groups is 1. The quantitative estimate of drug-likeness (QED) is 0.671. The van der Waals surface area contributed by atoms with E-state index in [1.54, 1.807) is 24.1 Å². The molecule has 1 aliphatic rings. The van der Waals surface area contributed by atoms with E-state index in [-0.39, 0.29) is 17.2 Å². The predicted octanol–water partition coefficient (Wildman–Crippen LogP) is 2.85. The van der Waals surface area contributed by atoms with E-state index >= 15 is 0 Å². The zero-order valence-corrected chi connectivity index (χ0v) is 17.2. The molecule has 0 aromatic heterocycles. The van der Waals surface area contributed by atoms with Crippen LogP contribution in [0.3, 0.4) is 0 Å². The van der Waals surface area contributed by atoms with Gasteiger partial charge in [-0.25, -0.2) is 12.8 Å². The van der Waals surface area contributed by atoms with E-state index in [0.29, 0.717) is 37.4 Å². The summed E-state index contributed by atoms with van der Waals surface area (Å²) in [7, 11) is -0.453. The Balaban J connectivity index is 1.61. The molecule has 0 bridgehead atoms. The third-order valence-corrected chi connectivity index (χ3v) is 7.46. The normalized spacial score (nSPS) is 15.2. The average molecular weight is 421 g/mol. The molecule has 0 radical (unpaired) electrons. The minimum atomic E-state index is -3.54. The van der Waals surface area contributed by atoms with E-state index in [0.717, 1.165) is 17.7 Å². The Morgan fingerprint density at radius 2 is 1.66 bits per heavy atom. The van der Waals surface area contributed by atoms with Gasteiger partial charge in [0.25, 0.3) is 0 Å². The van der Waals surface area contributed by atoms with Crippen molar-refractivity contribution in [2.24, 2.45) is 0 Å². The molecule has 156 valence electrons. The highest BCUT2D eigenvalue weighted by Gasteiger charge is 2.32. The van der Waals surface area contributed by atoms with Crippen LogP contribution in [-0.4, -0.2) is 51.8 Å². The monoisotopic (exact) mass is 421 g/mol. The van der Waals surface area contributed by atoms with Crippen molar-refractivity contribution in [3.05, 3.63) is 53.8 Å². The molecule has 0 spiro atoms. The Kier molecular flexibility index (Phi) is 6.42. The largest absolute Gasteiger partial charge is 0.493 e. The number of piperidine rings is 1. The number of nitrogens with zero attached hydrogens (tertiary/aromatic N) is 1. The molecule has 1 amide bonds. The molecule has 1 saturated heterocycles. The molecular weight excluding hydrogens is 397 g/mol. The lowest BCUT2D eigenvalue weighted by atomic mass is 10.1. The number of carbonyl (C=O) groups excluding carboxylic acids is 1. The minimum Gasteiger partial charge on any atom is -0.493 e. The number of methoxy groups -OCH3 is 2. The highest BCUT2D eigenvalue weighted by molar-refractivity contribution is 7.92. The van der Waals surface area contributed by atoms with Crippen LogP contribution in [0.4, 0.5) is 4.39 Å². The maximum atomic E-state index is 13.1. The van der Waals surface area contributed by atoms with E-state index in [9.17, 15) is 17.6 Å². The number of likely N-dealkylation sites (tertiary alicyclic amines) is 1. The molecule has 0 N–H and O–H groups in total. The summed E-state index contributed by atoms with van der Waals surface area (Å²) in [5.41, 5.74) is 0.800. The molecule has 2 aromatic carbocycles. The van der Waals surface area contributed by atoms with Crippen LogP contribution in [-0.2, 0) is 21.1 Å². The van der Waals surface area contributed by atoms with Gasteiger partial charge in [-0.15, -0.1) is 0 Å². The third-order valence-electron chi connectivity index (χ3n) is 5.18. The van der Waals surface area contributed by atoms with E-state index in [1.807, 2.05) is 6.07 Å². The zero-order valence-electron chi connectivity index (χ0n) is 16.4. The van der Waals surface area contributed by atoms with Gasteiger partial charge in [0.05, 0.1) is 30.8 Å². The summed E-state index contributed by atoms with van der Waals surface area (Å²) in [6.07, 6.45) is 0.921. The van der Waals surface area contributed by atoms with Gasteiger partial charge in [0.15, 0.2) is 21.3 Å². The molecule has 8 heteroatoms. The second-order valence-electron chi connectivity index (χ2n) is 6.95. The number of carbonyl (C=O) groups is 1. The first kappa shape index (κ1) is 21.1. The molecule has 3 rings (SSSR count). The van der Waals surface area contributed by atoms with Crippen molar-refractivity contribution in [1.29, 1.82) is 0 Å². The van der Waals surface area contributed by atoms with Crippen LogP contribution in [0.25, 0.3) is 0 Å². The topological polar surface area (TPSA) is 72.9 Å². The molecule has 1 fully saturated rings. The van der Waals surface area contributed by atoms with Gasteiger partial charge in [-0.05, 0) is 54.8 Å². The van der Waals surface area contributed by atoms with Crippen molar-refractivity contribution < 1.29 is 27.1 Å². The van der Waals surface area contributed by atoms with Gasteiger partial charge in [-0.3, -0.25) is 4.79 Å². The van der Waals surface area contributed by atoms with E-state index < -0.39 is 20.9 Å².